The van der Waals surface area contributed by atoms with Gasteiger partial charge in [-0.05, 0) is 25.2 Å². The molecule has 1 aliphatic carbocycles. The Morgan fingerprint density at radius 3 is 1.81 bits per heavy atom. The van der Waals surface area contributed by atoms with Crippen LogP contribution in [0.4, 0.5) is 0 Å². The Bertz CT molecular complexity index is 169. The molecular formula is C16H30. The number of allylic oxidation sites excluding steroid dienone is 2. The predicted octanol–water partition coefficient (Wildman–Crippen LogP) is 5.87. The maximum Gasteiger partial charge on any atom is -0.0262 e. The largest absolute Gasteiger partial charge is 0.0883 e. The highest BCUT2D eigenvalue weighted by Crippen LogP contribution is 2.16. The molecule has 0 heterocycles. The number of hydrogen-bond acceptors (Lipinski definition) is 0. The summed E-state index contributed by atoms with van der Waals surface area (Å²) >= 11 is 0. The van der Waals surface area contributed by atoms with Crippen LogP contribution in [0.3, 0.4) is 0 Å². The standard InChI is InChI=1S/C16H30/c1-16-14-12-10-8-6-4-2-3-5-7-9-11-13-15-16/h12,14,16H,2-11,13,15H2,1H3/b14-12+/t16-/m1/s1. The first-order valence-electron chi connectivity index (χ1n) is 7.56. The topological polar surface area (TPSA) is 0 Å². The third-order valence-electron chi connectivity index (χ3n) is 3.74. The Morgan fingerprint density at radius 1 is 0.688 bits per heavy atom. The Balaban J connectivity index is 2.18. The van der Waals surface area contributed by atoms with E-state index in [1.54, 1.807) is 0 Å². The molecule has 0 aliphatic heterocycles. The highest BCUT2D eigenvalue weighted by Gasteiger charge is 1.98. The average Bonchev–Trinajstić information content (AvgIpc) is 2.29. The minimum absolute atomic E-state index is 0.810. The van der Waals surface area contributed by atoms with Crippen LogP contribution >= 0.6 is 0 Å². The van der Waals surface area contributed by atoms with E-state index < -0.39 is 0 Å². The fraction of sp³-hybridized carbons (Fsp3) is 0.875. The number of hydrogen-bond donors (Lipinski definition) is 0. The van der Waals surface area contributed by atoms with E-state index >= 15 is 0 Å². The van der Waals surface area contributed by atoms with E-state index in [2.05, 4.69) is 19.1 Å². The second kappa shape index (κ2) is 9.93. The summed E-state index contributed by atoms with van der Waals surface area (Å²) in [5.41, 5.74) is 0. The van der Waals surface area contributed by atoms with Gasteiger partial charge in [0.25, 0.3) is 0 Å². The maximum atomic E-state index is 2.44. The van der Waals surface area contributed by atoms with E-state index in [-0.39, 0.29) is 0 Å². The molecule has 0 amide bonds. The normalized spacial score (nSPS) is 28.9. The second-order valence-electron chi connectivity index (χ2n) is 5.52. The molecule has 0 aromatic heterocycles. The summed E-state index contributed by atoms with van der Waals surface area (Å²) in [7, 11) is 0. The lowest BCUT2D eigenvalue weighted by molar-refractivity contribution is 0.528. The van der Waals surface area contributed by atoms with Gasteiger partial charge in [0, 0.05) is 0 Å². The fourth-order valence-corrected chi connectivity index (χ4v) is 2.57. The average molecular weight is 222 g/mol. The molecule has 0 fully saturated rings. The molecule has 0 aromatic carbocycles. The first-order valence-corrected chi connectivity index (χ1v) is 7.56. The molecule has 0 bridgehead atoms. The lowest BCUT2D eigenvalue weighted by Crippen LogP contribution is -1.89. The molecule has 1 aliphatic rings. The van der Waals surface area contributed by atoms with Crippen molar-refractivity contribution in [2.45, 2.75) is 84.0 Å². The Kier molecular flexibility index (Phi) is 8.57. The van der Waals surface area contributed by atoms with Gasteiger partial charge in [0.1, 0.15) is 0 Å². The summed E-state index contributed by atoms with van der Waals surface area (Å²) in [6, 6.07) is 0. The van der Waals surface area contributed by atoms with Gasteiger partial charge in [-0.15, -0.1) is 0 Å². The van der Waals surface area contributed by atoms with E-state index in [9.17, 15) is 0 Å². The Labute approximate surface area is 103 Å². The monoisotopic (exact) mass is 222 g/mol. The first kappa shape index (κ1) is 13.8. The molecular weight excluding hydrogens is 192 g/mol. The van der Waals surface area contributed by atoms with Gasteiger partial charge in [0.05, 0.1) is 0 Å². The Morgan fingerprint density at radius 2 is 1.19 bits per heavy atom. The molecule has 0 N–H and O–H groups in total. The zero-order chi connectivity index (χ0) is 11.5. The van der Waals surface area contributed by atoms with Crippen LogP contribution in [-0.4, -0.2) is 0 Å². The minimum Gasteiger partial charge on any atom is -0.0883 e. The van der Waals surface area contributed by atoms with Gasteiger partial charge in [-0.2, -0.15) is 0 Å². The van der Waals surface area contributed by atoms with Crippen molar-refractivity contribution in [1.29, 1.82) is 0 Å². The molecule has 16 heavy (non-hydrogen) atoms. The summed E-state index contributed by atoms with van der Waals surface area (Å²) < 4.78 is 0. The van der Waals surface area contributed by atoms with Gasteiger partial charge < -0.3 is 0 Å². The molecule has 0 saturated carbocycles. The molecule has 94 valence electrons. The molecule has 1 rings (SSSR count). The predicted molar refractivity (Wildman–Crippen MR) is 73.7 cm³/mol. The first-order chi connectivity index (χ1) is 7.89. The molecule has 0 saturated heterocycles. The van der Waals surface area contributed by atoms with Gasteiger partial charge in [-0.25, -0.2) is 0 Å². The zero-order valence-corrected chi connectivity index (χ0v) is 11.2. The van der Waals surface area contributed by atoms with Crippen LogP contribution in [0.2, 0.25) is 0 Å². The molecule has 0 aromatic rings. The minimum atomic E-state index is 0.810. The van der Waals surface area contributed by atoms with Crippen LogP contribution < -0.4 is 0 Å². The van der Waals surface area contributed by atoms with Crippen LogP contribution in [0.1, 0.15) is 84.0 Å². The second-order valence-corrected chi connectivity index (χ2v) is 5.52. The van der Waals surface area contributed by atoms with Crippen molar-refractivity contribution in [2.24, 2.45) is 5.92 Å². The van der Waals surface area contributed by atoms with Crippen molar-refractivity contribution in [2.75, 3.05) is 0 Å². The summed E-state index contributed by atoms with van der Waals surface area (Å²) in [6.07, 6.45) is 22.2. The SMILES string of the molecule is C[C@@H]1/C=C/CCCCCCCCCCCC1. The fourth-order valence-electron chi connectivity index (χ4n) is 2.57. The molecule has 0 radical (unpaired) electrons. The number of rotatable bonds is 0. The van der Waals surface area contributed by atoms with Gasteiger partial charge in [0.2, 0.25) is 0 Å². The van der Waals surface area contributed by atoms with Gasteiger partial charge in [-0.3, -0.25) is 0 Å². The zero-order valence-electron chi connectivity index (χ0n) is 11.2. The quantitative estimate of drug-likeness (QED) is 0.449. The lowest BCUT2D eigenvalue weighted by Gasteiger charge is -2.05. The summed E-state index contributed by atoms with van der Waals surface area (Å²) in [6.45, 7) is 2.37. The molecule has 0 heteroatoms. The maximum absolute atomic E-state index is 2.44. The highest BCUT2D eigenvalue weighted by molar-refractivity contribution is 4.86. The van der Waals surface area contributed by atoms with Crippen molar-refractivity contribution < 1.29 is 0 Å². The van der Waals surface area contributed by atoms with Crippen LogP contribution in [0.25, 0.3) is 0 Å². The van der Waals surface area contributed by atoms with E-state index in [1.165, 1.54) is 77.0 Å². The van der Waals surface area contributed by atoms with E-state index in [0.29, 0.717) is 0 Å². The van der Waals surface area contributed by atoms with Crippen LogP contribution in [0.5, 0.6) is 0 Å². The van der Waals surface area contributed by atoms with Crippen molar-refractivity contribution in [3.05, 3.63) is 12.2 Å². The van der Waals surface area contributed by atoms with Crippen molar-refractivity contribution in [3.63, 3.8) is 0 Å². The van der Waals surface area contributed by atoms with Crippen molar-refractivity contribution in [3.8, 4) is 0 Å². The summed E-state index contributed by atoms with van der Waals surface area (Å²) in [4.78, 5) is 0. The van der Waals surface area contributed by atoms with Crippen LogP contribution in [0.15, 0.2) is 12.2 Å². The molecule has 0 spiro atoms. The van der Waals surface area contributed by atoms with Crippen molar-refractivity contribution >= 4 is 0 Å². The van der Waals surface area contributed by atoms with Crippen LogP contribution in [-0.2, 0) is 0 Å². The van der Waals surface area contributed by atoms with E-state index in [1.807, 2.05) is 0 Å². The third kappa shape index (κ3) is 7.96. The summed E-state index contributed by atoms with van der Waals surface area (Å²) in [5, 5.41) is 0. The van der Waals surface area contributed by atoms with Gasteiger partial charge in [0.15, 0.2) is 0 Å². The van der Waals surface area contributed by atoms with Crippen molar-refractivity contribution in [1.82, 2.24) is 0 Å². The molecule has 0 unspecified atom stereocenters. The van der Waals surface area contributed by atoms with E-state index in [0.717, 1.165) is 5.92 Å². The third-order valence-corrected chi connectivity index (χ3v) is 3.74. The smallest absolute Gasteiger partial charge is 0.0262 e. The highest BCUT2D eigenvalue weighted by atomic mass is 14.0. The molecule has 0 nitrogen and oxygen atoms in total. The van der Waals surface area contributed by atoms with Gasteiger partial charge in [-0.1, -0.05) is 76.9 Å². The van der Waals surface area contributed by atoms with E-state index in [4.69, 9.17) is 0 Å². The molecule has 1 atom stereocenters. The van der Waals surface area contributed by atoms with Crippen LogP contribution in [0, 0.1) is 5.92 Å². The Hall–Kier alpha value is -0.260. The lowest BCUT2D eigenvalue weighted by atomic mass is 10.0. The summed E-state index contributed by atoms with van der Waals surface area (Å²) in [5.74, 6) is 0.810. The van der Waals surface area contributed by atoms with Gasteiger partial charge >= 0.3 is 0 Å².